The minimum Gasteiger partial charge on any atom is -0.462 e. The highest BCUT2D eigenvalue weighted by molar-refractivity contribution is 5.85. The predicted molar refractivity (Wildman–Crippen MR) is 96.0 cm³/mol. The highest BCUT2D eigenvalue weighted by Crippen LogP contribution is 2.60. The summed E-state index contributed by atoms with van der Waals surface area (Å²) in [5.74, 6) is 2.20. The third kappa shape index (κ3) is 2.26. The van der Waals surface area contributed by atoms with Crippen molar-refractivity contribution in [2.45, 2.75) is 77.4 Å². The molecule has 6 fully saturated rings. The zero-order valence-corrected chi connectivity index (χ0v) is 16.3. The molecule has 26 heavy (non-hydrogen) atoms. The van der Waals surface area contributed by atoms with Crippen LogP contribution in [-0.4, -0.2) is 23.6 Å². The normalized spacial score (nSPS) is 54.3. The van der Waals surface area contributed by atoms with E-state index in [1.165, 1.54) is 32.1 Å². The molecule has 5 unspecified atom stereocenters. The topological polar surface area (TPSA) is 52.6 Å². The summed E-state index contributed by atoms with van der Waals surface area (Å²) in [7, 11) is 0. The first-order valence-corrected chi connectivity index (χ1v) is 10.8. The lowest BCUT2D eigenvalue weighted by atomic mass is 9.50. The molecule has 4 nitrogen and oxygen atoms in total. The van der Waals surface area contributed by atoms with Crippen LogP contribution in [0.25, 0.3) is 0 Å². The van der Waals surface area contributed by atoms with Crippen molar-refractivity contribution in [2.24, 2.45) is 47.3 Å². The summed E-state index contributed by atoms with van der Waals surface area (Å²) < 4.78 is 12.0. The zero-order valence-electron chi connectivity index (χ0n) is 16.3. The first-order valence-electron chi connectivity index (χ1n) is 10.8. The van der Waals surface area contributed by atoms with Crippen molar-refractivity contribution in [1.29, 1.82) is 0 Å². The lowest BCUT2D eigenvalue weighted by Crippen LogP contribution is -2.59. The minimum absolute atomic E-state index is 0.00161. The van der Waals surface area contributed by atoms with E-state index in [2.05, 4.69) is 20.8 Å². The first-order chi connectivity index (χ1) is 12.4. The predicted octanol–water partition coefficient (Wildman–Crippen LogP) is 3.97. The average Bonchev–Trinajstić information content (AvgIpc) is 2.77. The fraction of sp³-hybridized carbons (Fsp3) is 0.909. The smallest absolute Gasteiger partial charge is 0.310 e. The lowest BCUT2D eigenvalue weighted by molar-refractivity contribution is -0.211. The monoisotopic (exact) mass is 360 g/mol. The second-order valence-corrected chi connectivity index (χ2v) is 10.2. The number of rotatable bonds is 3. The largest absolute Gasteiger partial charge is 0.462 e. The summed E-state index contributed by atoms with van der Waals surface area (Å²) in [5.41, 5.74) is -0.314. The molecule has 0 aromatic carbocycles. The van der Waals surface area contributed by atoms with Gasteiger partial charge in [-0.3, -0.25) is 9.59 Å². The second-order valence-electron chi connectivity index (χ2n) is 10.2. The van der Waals surface area contributed by atoms with Crippen molar-refractivity contribution >= 4 is 11.9 Å². The number of hydrogen-bond acceptors (Lipinski definition) is 4. The molecule has 6 bridgehead atoms. The molecule has 1 aliphatic heterocycles. The Labute approximate surface area is 156 Å². The van der Waals surface area contributed by atoms with E-state index in [-0.39, 0.29) is 47.3 Å². The number of ether oxygens (including phenoxy) is 2. The van der Waals surface area contributed by atoms with Crippen LogP contribution in [0.15, 0.2) is 0 Å². The summed E-state index contributed by atoms with van der Waals surface area (Å²) in [6.07, 6.45) is 8.01. The van der Waals surface area contributed by atoms with E-state index in [1.54, 1.807) is 0 Å². The van der Waals surface area contributed by atoms with Crippen LogP contribution in [0, 0.1) is 47.3 Å². The van der Waals surface area contributed by atoms with Crippen molar-refractivity contribution in [1.82, 2.24) is 0 Å². The molecule has 5 saturated carbocycles. The van der Waals surface area contributed by atoms with Gasteiger partial charge in [-0.1, -0.05) is 20.3 Å². The van der Waals surface area contributed by atoms with Crippen LogP contribution in [-0.2, 0) is 19.1 Å². The van der Waals surface area contributed by atoms with Crippen LogP contribution in [0.1, 0.15) is 65.7 Å². The summed E-state index contributed by atoms with van der Waals surface area (Å²) in [6, 6.07) is 0. The molecule has 6 rings (SSSR count). The van der Waals surface area contributed by atoms with Gasteiger partial charge < -0.3 is 9.47 Å². The molecule has 4 heteroatoms. The van der Waals surface area contributed by atoms with Gasteiger partial charge in [0.25, 0.3) is 0 Å². The Morgan fingerprint density at radius 3 is 2.31 bits per heavy atom. The van der Waals surface area contributed by atoms with Crippen LogP contribution >= 0.6 is 0 Å². The molecule has 1 saturated heterocycles. The standard InChI is InChI=1S/C22H32O4/c1-4-14-10-17-11(2)18(20(23)25-17)19(14)21(24)26-22(3)15-6-12-5-13(8-15)9-16(22)7-12/h11-19H,4-10H2,1-3H3. The molecule has 0 aromatic heterocycles. The zero-order chi connectivity index (χ0) is 18.2. The fourth-order valence-corrected chi connectivity index (χ4v) is 7.59. The maximum Gasteiger partial charge on any atom is 0.310 e. The highest BCUT2D eigenvalue weighted by atomic mass is 16.6. The number of esters is 2. The number of carbonyl (C=O) groups is 2. The fourth-order valence-electron chi connectivity index (χ4n) is 7.59. The molecule has 0 spiro atoms. The molecule has 1 heterocycles. The van der Waals surface area contributed by atoms with Gasteiger partial charge in [0.15, 0.2) is 0 Å². The molecule has 0 amide bonds. The maximum absolute atomic E-state index is 13.4. The maximum atomic E-state index is 13.4. The van der Waals surface area contributed by atoms with Gasteiger partial charge in [0.05, 0.1) is 11.8 Å². The summed E-state index contributed by atoms with van der Waals surface area (Å²) >= 11 is 0. The Kier molecular flexibility index (Phi) is 3.75. The Morgan fingerprint density at radius 1 is 1.12 bits per heavy atom. The molecule has 144 valence electrons. The molecule has 5 atom stereocenters. The summed E-state index contributed by atoms with van der Waals surface area (Å²) in [5, 5.41) is 0. The first kappa shape index (κ1) is 17.1. The molecule has 0 N–H and O–H groups in total. The van der Waals surface area contributed by atoms with Crippen LogP contribution < -0.4 is 0 Å². The summed E-state index contributed by atoms with van der Waals surface area (Å²) in [6.45, 7) is 6.38. The second kappa shape index (κ2) is 5.72. The van der Waals surface area contributed by atoms with E-state index in [9.17, 15) is 9.59 Å². The van der Waals surface area contributed by atoms with E-state index in [0.717, 1.165) is 24.7 Å². The SMILES string of the molecule is CCC1CC2OC(=O)C(C2C)C1C(=O)OC1(C)C2CC3CC(C2)CC1C3. The Balaban J connectivity index is 1.40. The third-order valence-electron chi connectivity index (χ3n) is 9.00. The van der Waals surface area contributed by atoms with Crippen molar-refractivity contribution < 1.29 is 19.1 Å². The average molecular weight is 360 g/mol. The molecular formula is C22H32O4. The summed E-state index contributed by atoms with van der Waals surface area (Å²) in [4.78, 5) is 25.8. The van der Waals surface area contributed by atoms with E-state index >= 15 is 0 Å². The van der Waals surface area contributed by atoms with E-state index in [4.69, 9.17) is 9.47 Å². The molecular weight excluding hydrogens is 328 g/mol. The quantitative estimate of drug-likeness (QED) is 0.715. The Bertz CT molecular complexity index is 598. The van der Waals surface area contributed by atoms with Gasteiger partial charge >= 0.3 is 11.9 Å². The van der Waals surface area contributed by atoms with Crippen molar-refractivity contribution in [3.8, 4) is 0 Å². The molecule has 0 radical (unpaired) electrons. The van der Waals surface area contributed by atoms with Crippen LogP contribution in [0.5, 0.6) is 0 Å². The Hall–Kier alpha value is -1.06. The van der Waals surface area contributed by atoms with Gasteiger partial charge in [0, 0.05) is 5.92 Å². The lowest BCUT2D eigenvalue weighted by Gasteiger charge is -2.59. The highest BCUT2D eigenvalue weighted by Gasteiger charge is 2.60. The van der Waals surface area contributed by atoms with Crippen molar-refractivity contribution in [3.05, 3.63) is 0 Å². The molecule has 5 aliphatic carbocycles. The van der Waals surface area contributed by atoms with E-state index < -0.39 is 0 Å². The van der Waals surface area contributed by atoms with Crippen LogP contribution in [0.3, 0.4) is 0 Å². The van der Waals surface area contributed by atoms with Gasteiger partial charge in [-0.05, 0) is 75.0 Å². The van der Waals surface area contributed by atoms with Gasteiger partial charge in [0.1, 0.15) is 11.7 Å². The van der Waals surface area contributed by atoms with Gasteiger partial charge in [-0.25, -0.2) is 0 Å². The van der Waals surface area contributed by atoms with E-state index in [1.807, 2.05) is 0 Å². The van der Waals surface area contributed by atoms with Gasteiger partial charge in [0.2, 0.25) is 0 Å². The van der Waals surface area contributed by atoms with Crippen molar-refractivity contribution in [2.75, 3.05) is 0 Å². The van der Waals surface area contributed by atoms with E-state index in [0.29, 0.717) is 11.8 Å². The third-order valence-corrected chi connectivity index (χ3v) is 9.00. The molecule has 0 aromatic rings. The number of hydrogen-bond donors (Lipinski definition) is 0. The molecule has 6 aliphatic rings. The van der Waals surface area contributed by atoms with Gasteiger partial charge in [-0.15, -0.1) is 0 Å². The minimum atomic E-state index is -0.314. The van der Waals surface area contributed by atoms with Crippen molar-refractivity contribution in [3.63, 3.8) is 0 Å². The number of carbonyl (C=O) groups excluding carboxylic acids is 2. The van der Waals surface area contributed by atoms with Crippen LogP contribution in [0.4, 0.5) is 0 Å². The van der Waals surface area contributed by atoms with Gasteiger partial charge in [-0.2, -0.15) is 0 Å². The Morgan fingerprint density at radius 2 is 1.73 bits per heavy atom. The van der Waals surface area contributed by atoms with Crippen LogP contribution in [0.2, 0.25) is 0 Å². The number of fused-ring (bicyclic) bond motifs is 2.